The molecule has 1 amide bonds. The molecule has 6 nitrogen and oxygen atoms in total. The first-order chi connectivity index (χ1) is 11.6. The van der Waals surface area contributed by atoms with Crippen LogP contribution in [0.3, 0.4) is 0 Å². The van der Waals surface area contributed by atoms with Crippen molar-refractivity contribution in [1.82, 2.24) is 19.7 Å². The summed E-state index contributed by atoms with van der Waals surface area (Å²) in [5.41, 5.74) is 7.44. The van der Waals surface area contributed by atoms with Crippen LogP contribution in [0.2, 0.25) is 0 Å². The van der Waals surface area contributed by atoms with Crippen molar-refractivity contribution in [1.29, 1.82) is 0 Å². The standard InChI is InChI=1S/C17H16FN5O/c1-2-13-8-11(6-7-20-13)17-21-16(10-15(19)24)22-23(17)14-5-3-4-12(18)9-14/h3-9H,2,10H2,1H3,(H2,19,24). The molecule has 0 unspecified atom stereocenters. The molecule has 0 saturated heterocycles. The highest BCUT2D eigenvalue weighted by molar-refractivity contribution is 5.75. The van der Waals surface area contributed by atoms with Crippen molar-refractivity contribution in [2.45, 2.75) is 19.8 Å². The third-order valence-electron chi connectivity index (χ3n) is 3.47. The number of nitrogens with zero attached hydrogens (tertiary/aromatic N) is 4. The van der Waals surface area contributed by atoms with Crippen LogP contribution in [-0.4, -0.2) is 25.7 Å². The van der Waals surface area contributed by atoms with E-state index in [-0.39, 0.29) is 18.1 Å². The van der Waals surface area contributed by atoms with Crippen LogP contribution in [0.4, 0.5) is 4.39 Å². The van der Waals surface area contributed by atoms with Crippen LogP contribution in [0.5, 0.6) is 0 Å². The molecule has 1 aromatic carbocycles. The smallest absolute Gasteiger partial charge is 0.225 e. The summed E-state index contributed by atoms with van der Waals surface area (Å²) >= 11 is 0. The number of aromatic nitrogens is 4. The second-order valence-electron chi connectivity index (χ2n) is 5.28. The Hall–Kier alpha value is -3.09. The first kappa shape index (κ1) is 15.8. The van der Waals surface area contributed by atoms with Gasteiger partial charge in [-0.2, -0.15) is 5.10 Å². The summed E-state index contributed by atoms with van der Waals surface area (Å²) < 4.78 is 15.1. The van der Waals surface area contributed by atoms with Crippen molar-refractivity contribution in [3.05, 3.63) is 59.9 Å². The minimum atomic E-state index is -0.526. The number of benzene rings is 1. The molecule has 0 saturated carbocycles. The molecule has 0 aliphatic rings. The molecule has 24 heavy (non-hydrogen) atoms. The molecule has 7 heteroatoms. The summed E-state index contributed by atoms with van der Waals surface area (Å²) in [5.74, 6) is -0.109. The van der Waals surface area contributed by atoms with Gasteiger partial charge in [0.1, 0.15) is 5.82 Å². The fourth-order valence-electron chi connectivity index (χ4n) is 2.37. The van der Waals surface area contributed by atoms with Crippen LogP contribution >= 0.6 is 0 Å². The predicted molar refractivity (Wildman–Crippen MR) is 86.8 cm³/mol. The lowest BCUT2D eigenvalue weighted by molar-refractivity contribution is -0.117. The summed E-state index contributed by atoms with van der Waals surface area (Å²) in [7, 11) is 0. The Labute approximate surface area is 138 Å². The minimum Gasteiger partial charge on any atom is -0.369 e. The molecule has 0 spiro atoms. The van der Waals surface area contributed by atoms with Gasteiger partial charge in [-0.15, -0.1) is 0 Å². The molecule has 0 bridgehead atoms. The van der Waals surface area contributed by atoms with Gasteiger partial charge in [0.15, 0.2) is 11.6 Å². The zero-order valence-electron chi connectivity index (χ0n) is 13.1. The van der Waals surface area contributed by atoms with E-state index in [1.807, 2.05) is 13.0 Å². The van der Waals surface area contributed by atoms with E-state index in [0.717, 1.165) is 17.7 Å². The monoisotopic (exact) mass is 325 g/mol. The third kappa shape index (κ3) is 3.29. The van der Waals surface area contributed by atoms with E-state index in [4.69, 9.17) is 5.73 Å². The average molecular weight is 325 g/mol. The molecule has 3 aromatic rings. The van der Waals surface area contributed by atoms with Gasteiger partial charge in [-0.25, -0.2) is 14.1 Å². The Morgan fingerprint density at radius 1 is 1.29 bits per heavy atom. The number of carbonyl (C=O) groups excluding carboxylic acids is 1. The Morgan fingerprint density at radius 2 is 2.12 bits per heavy atom. The number of hydrogen-bond acceptors (Lipinski definition) is 4. The zero-order chi connectivity index (χ0) is 17.1. The van der Waals surface area contributed by atoms with E-state index >= 15 is 0 Å². The highest BCUT2D eigenvalue weighted by Gasteiger charge is 2.16. The van der Waals surface area contributed by atoms with Gasteiger partial charge >= 0.3 is 0 Å². The lowest BCUT2D eigenvalue weighted by Gasteiger charge is -2.07. The SMILES string of the molecule is CCc1cc(-c2nc(CC(N)=O)nn2-c2cccc(F)c2)ccn1. The highest BCUT2D eigenvalue weighted by atomic mass is 19.1. The second kappa shape index (κ2) is 6.57. The Kier molecular flexibility index (Phi) is 4.33. The van der Waals surface area contributed by atoms with Crippen molar-refractivity contribution in [3.8, 4) is 17.1 Å². The quantitative estimate of drug-likeness (QED) is 0.778. The second-order valence-corrected chi connectivity index (χ2v) is 5.28. The normalized spacial score (nSPS) is 10.8. The molecule has 2 heterocycles. The molecule has 0 atom stereocenters. The number of halogens is 1. The van der Waals surface area contributed by atoms with E-state index < -0.39 is 5.91 Å². The third-order valence-corrected chi connectivity index (χ3v) is 3.47. The van der Waals surface area contributed by atoms with Gasteiger partial charge in [-0.1, -0.05) is 13.0 Å². The van der Waals surface area contributed by atoms with Gasteiger partial charge < -0.3 is 5.73 Å². The topological polar surface area (TPSA) is 86.7 Å². The lowest BCUT2D eigenvalue weighted by Crippen LogP contribution is -2.14. The van der Waals surface area contributed by atoms with E-state index in [2.05, 4.69) is 15.1 Å². The number of rotatable bonds is 5. The first-order valence-corrected chi connectivity index (χ1v) is 7.52. The van der Waals surface area contributed by atoms with Crippen molar-refractivity contribution in [2.24, 2.45) is 5.73 Å². The molecule has 2 aromatic heterocycles. The van der Waals surface area contributed by atoms with Crippen molar-refractivity contribution in [3.63, 3.8) is 0 Å². The molecular weight excluding hydrogens is 309 g/mol. The maximum absolute atomic E-state index is 13.6. The van der Waals surface area contributed by atoms with Gasteiger partial charge in [-0.05, 0) is 36.8 Å². The molecule has 0 radical (unpaired) electrons. The van der Waals surface area contributed by atoms with Gasteiger partial charge in [0.25, 0.3) is 0 Å². The predicted octanol–water partition coefficient (Wildman–Crippen LogP) is 2.06. The number of amides is 1. The summed E-state index contributed by atoms with van der Waals surface area (Å²) in [6.45, 7) is 2.00. The summed E-state index contributed by atoms with van der Waals surface area (Å²) in [6.07, 6.45) is 2.38. The zero-order valence-corrected chi connectivity index (χ0v) is 13.1. The molecule has 2 N–H and O–H groups in total. The van der Waals surface area contributed by atoms with E-state index in [0.29, 0.717) is 11.5 Å². The van der Waals surface area contributed by atoms with Crippen LogP contribution in [0.15, 0.2) is 42.6 Å². The van der Waals surface area contributed by atoms with Crippen LogP contribution in [-0.2, 0) is 17.6 Å². The van der Waals surface area contributed by atoms with Gasteiger partial charge in [0, 0.05) is 17.5 Å². The molecule has 3 rings (SSSR count). The molecular formula is C17H16FN5O. The maximum Gasteiger partial charge on any atom is 0.225 e. The number of primary amides is 1. The highest BCUT2D eigenvalue weighted by Crippen LogP contribution is 2.22. The van der Waals surface area contributed by atoms with Crippen LogP contribution in [0.1, 0.15) is 18.4 Å². The summed E-state index contributed by atoms with van der Waals surface area (Å²) in [6, 6.07) is 9.71. The number of carbonyl (C=O) groups is 1. The average Bonchev–Trinajstić information content (AvgIpc) is 2.98. The van der Waals surface area contributed by atoms with Crippen molar-refractivity contribution in [2.75, 3.05) is 0 Å². The van der Waals surface area contributed by atoms with Gasteiger partial charge in [0.2, 0.25) is 5.91 Å². The van der Waals surface area contributed by atoms with Crippen LogP contribution < -0.4 is 5.73 Å². The number of nitrogens with two attached hydrogens (primary N) is 1. The van der Waals surface area contributed by atoms with Crippen LogP contribution in [0.25, 0.3) is 17.1 Å². The Balaban J connectivity index is 2.15. The first-order valence-electron chi connectivity index (χ1n) is 7.52. The summed E-state index contributed by atoms with van der Waals surface area (Å²) in [4.78, 5) is 19.8. The number of pyridine rings is 1. The molecule has 0 fully saturated rings. The number of hydrogen-bond donors (Lipinski definition) is 1. The van der Waals surface area contributed by atoms with Crippen molar-refractivity contribution >= 4 is 5.91 Å². The minimum absolute atomic E-state index is 0.0823. The van der Waals surface area contributed by atoms with E-state index in [9.17, 15) is 9.18 Å². The Morgan fingerprint density at radius 3 is 2.83 bits per heavy atom. The largest absolute Gasteiger partial charge is 0.369 e. The lowest BCUT2D eigenvalue weighted by atomic mass is 10.2. The Bertz CT molecular complexity index is 890. The molecule has 122 valence electrons. The van der Waals surface area contributed by atoms with Crippen molar-refractivity contribution < 1.29 is 9.18 Å². The maximum atomic E-state index is 13.6. The van der Waals surface area contributed by atoms with Gasteiger partial charge in [0.05, 0.1) is 12.1 Å². The van der Waals surface area contributed by atoms with Gasteiger partial charge in [-0.3, -0.25) is 9.78 Å². The van der Waals surface area contributed by atoms with Crippen LogP contribution in [0, 0.1) is 5.82 Å². The molecule has 0 aliphatic carbocycles. The summed E-state index contributed by atoms with van der Waals surface area (Å²) in [5, 5.41) is 4.31. The fraction of sp³-hybridized carbons (Fsp3) is 0.176. The molecule has 0 aliphatic heterocycles. The van der Waals surface area contributed by atoms with E-state index in [1.165, 1.54) is 16.8 Å². The van der Waals surface area contributed by atoms with E-state index in [1.54, 1.807) is 24.4 Å². The number of aryl methyl sites for hydroxylation is 1. The fourth-order valence-corrected chi connectivity index (χ4v) is 2.37.